The molecule has 1 aromatic heterocycles. The molecule has 1 amide bonds. The first-order chi connectivity index (χ1) is 9.45. The smallest absolute Gasteiger partial charge is 0.237 e. The van der Waals surface area contributed by atoms with Gasteiger partial charge in [0.15, 0.2) is 0 Å². The summed E-state index contributed by atoms with van der Waals surface area (Å²) in [6, 6.07) is -0.105. The molecule has 0 aromatic carbocycles. The third-order valence-electron chi connectivity index (χ3n) is 3.97. The van der Waals surface area contributed by atoms with Crippen molar-refractivity contribution in [2.75, 3.05) is 6.54 Å². The predicted molar refractivity (Wildman–Crippen MR) is 73.0 cm³/mol. The number of rotatable bonds is 4. The molecule has 0 radical (unpaired) electrons. The summed E-state index contributed by atoms with van der Waals surface area (Å²) in [4.78, 5) is 14.1. The number of nitrogens with one attached hydrogen (secondary N) is 1. The summed E-state index contributed by atoms with van der Waals surface area (Å²) in [7, 11) is 0. The van der Waals surface area contributed by atoms with Crippen molar-refractivity contribution in [2.45, 2.75) is 64.1 Å². The van der Waals surface area contributed by atoms with E-state index < -0.39 is 0 Å². The van der Waals surface area contributed by atoms with Crippen molar-refractivity contribution >= 4 is 5.91 Å². The fraction of sp³-hybridized carbons (Fsp3) is 0.786. The summed E-state index contributed by atoms with van der Waals surface area (Å²) < 4.78 is 5.73. The van der Waals surface area contributed by atoms with Gasteiger partial charge < -0.3 is 9.73 Å². The minimum absolute atomic E-state index is 0.0989. The molecule has 1 aliphatic carbocycles. The molecule has 2 fully saturated rings. The van der Waals surface area contributed by atoms with Crippen LogP contribution in [0.5, 0.6) is 0 Å². The maximum Gasteiger partial charge on any atom is 0.237 e. The van der Waals surface area contributed by atoms with E-state index in [1.165, 1.54) is 0 Å². The molecule has 1 N–H and O–H groups in total. The molecular weight excluding hydrogens is 256 g/mol. The average molecular weight is 278 g/mol. The van der Waals surface area contributed by atoms with Crippen LogP contribution < -0.4 is 5.32 Å². The van der Waals surface area contributed by atoms with Crippen LogP contribution in [0.2, 0.25) is 0 Å². The second kappa shape index (κ2) is 4.84. The molecule has 1 saturated heterocycles. The Morgan fingerprint density at radius 3 is 2.60 bits per heavy atom. The monoisotopic (exact) mass is 278 g/mol. The molecule has 0 bridgehead atoms. The molecule has 1 aromatic rings. The molecule has 6 heteroatoms. The summed E-state index contributed by atoms with van der Waals surface area (Å²) in [6.45, 7) is 7.60. The molecule has 3 rings (SSSR count). The van der Waals surface area contributed by atoms with E-state index in [2.05, 4.69) is 41.2 Å². The number of amides is 1. The van der Waals surface area contributed by atoms with Gasteiger partial charge in [-0.25, -0.2) is 0 Å². The van der Waals surface area contributed by atoms with Gasteiger partial charge in [-0.3, -0.25) is 9.69 Å². The predicted octanol–water partition coefficient (Wildman–Crippen LogP) is 1.44. The van der Waals surface area contributed by atoms with Crippen LogP contribution in [0.3, 0.4) is 0 Å². The van der Waals surface area contributed by atoms with Gasteiger partial charge in [-0.15, -0.1) is 10.2 Å². The summed E-state index contributed by atoms with van der Waals surface area (Å²) in [6.07, 6.45) is 3.13. The molecule has 110 valence electrons. The Morgan fingerprint density at radius 1 is 1.30 bits per heavy atom. The van der Waals surface area contributed by atoms with Crippen LogP contribution in [0.25, 0.3) is 0 Å². The number of carbonyl (C=O) groups excluding carboxylic acids is 1. The zero-order chi connectivity index (χ0) is 14.3. The molecule has 2 heterocycles. The average Bonchev–Trinajstić information content (AvgIpc) is 2.96. The van der Waals surface area contributed by atoms with E-state index in [4.69, 9.17) is 4.42 Å². The van der Waals surface area contributed by atoms with Gasteiger partial charge >= 0.3 is 0 Å². The SMILES string of the molecule is CC(C)(C)N(Cc1nnc(C2CC2)o1)C1CCNC1=O. The lowest BCUT2D eigenvalue weighted by Crippen LogP contribution is -2.50. The van der Waals surface area contributed by atoms with Crippen LogP contribution in [0.4, 0.5) is 0 Å². The van der Waals surface area contributed by atoms with Gasteiger partial charge in [0.05, 0.1) is 12.6 Å². The highest BCUT2D eigenvalue weighted by molar-refractivity contribution is 5.83. The van der Waals surface area contributed by atoms with Crippen LogP contribution in [0.15, 0.2) is 4.42 Å². The molecular formula is C14H22N4O2. The van der Waals surface area contributed by atoms with Crippen LogP contribution in [0.1, 0.15) is 57.7 Å². The highest BCUT2D eigenvalue weighted by Crippen LogP contribution is 2.39. The normalized spacial score (nSPS) is 23.4. The lowest BCUT2D eigenvalue weighted by atomic mass is 10.0. The second-order valence-corrected chi connectivity index (χ2v) is 6.70. The van der Waals surface area contributed by atoms with Crippen LogP contribution in [0, 0.1) is 0 Å². The van der Waals surface area contributed by atoms with Crippen molar-refractivity contribution in [3.05, 3.63) is 11.8 Å². The molecule has 0 spiro atoms. The first-order valence-electron chi connectivity index (χ1n) is 7.32. The van der Waals surface area contributed by atoms with Gasteiger partial charge in [0, 0.05) is 18.0 Å². The molecule has 1 unspecified atom stereocenters. The van der Waals surface area contributed by atoms with E-state index in [0.29, 0.717) is 18.4 Å². The van der Waals surface area contributed by atoms with Gasteiger partial charge in [-0.2, -0.15) is 0 Å². The number of aromatic nitrogens is 2. The van der Waals surface area contributed by atoms with E-state index in [0.717, 1.165) is 31.7 Å². The van der Waals surface area contributed by atoms with E-state index in [1.54, 1.807) is 0 Å². The van der Waals surface area contributed by atoms with Gasteiger partial charge in [-0.1, -0.05) is 0 Å². The van der Waals surface area contributed by atoms with Gasteiger partial charge in [-0.05, 0) is 40.0 Å². The van der Waals surface area contributed by atoms with Gasteiger partial charge in [0.25, 0.3) is 0 Å². The molecule has 6 nitrogen and oxygen atoms in total. The number of nitrogens with zero attached hydrogens (tertiary/aromatic N) is 3. The van der Waals surface area contributed by atoms with E-state index in [-0.39, 0.29) is 17.5 Å². The fourth-order valence-corrected chi connectivity index (χ4v) is 2.66. The Bertz CT molecular complexity index is 502. The quantitative estimate of drug-likeness (QED) is 0.902. The maximum absolute atomic E-state index is 12.0. The summed E-state index contributed by atoms with van der Waals surface area (Å²) in [5.74, 6) is 1.93. The van der Waals surface area contributed by atoms with Crippen LogP contribution >= 0.6 is 0 Å². The molecule has 1 atom stereocenters. The largest absolute Gasteiger partial charge is 0.424 e. The van der Waals surface area contributed by atoms with Gasteiger partial charge in [0.1, 0.15) is 0 Å². The van der Waals surface area contributed by atoms with Crippen molar-refractivity contribution in [1.82, 2.24) is 20.4 Å². The first kappa shape index (κ1) is 13.5. The number of hydrogen-bond acceptors (Lipinski definition) is 5. The molecule has 20 heavy (non-hydrogen) atoms. The number of hydrogen-bond donors (Lipinski definition) is 1. The Hall–Kier alpha value is -1.43. The Kier molecular flexibility index (Phi) is 3.28. The highest BCUT2D eigenvalue weighted by Gasteiger charge is 2.37. The van der Waals surface area contributed by atoms with E-state index in [1.807, 2.05) is 0 Å². The second-order valence-electron chi connectivity index (χ2n) is 6.70. The Labute approximate surface area is 118 Å². The highest BCUT2D eigenvalue weighted by atomic mass is 16.4. The topological polar surface area (TPSA) is 71.3 Å². The van der Waals surface area contributed by atoms with E-state index in [9.17, 15) is 4.79 Å². The van der Waals surface area contributed by atoms with Crippen molar-refractivity contribution < 1.29 is 9.21 Å². The zero-order valence-electron chi connectivity index (χ0n) is 12.3. The Morgan fingerprint density at radius 2 is 2.05 bits per heavy atom. The minimum atomic E-state index is -0.124. The van der Waals surface area contributed by atoms with E-state index >= 15 is 0 Å². The first-order valence-corrected chi connectivity index (χ1v) is 7.32. The minimum Gasteiger partial charge on any atom is -0.424 e. The summed E-state index contributed by atoms with van der Waals surface area (Å²) in [5, 5.41) is 11.1. The van der Waals surface area contributed by atoms with Crippen molar-refractivity contribution in [3.8, 4) is 0 Å². The van der Waals surface area contributed by atoms with Crippen LogP contribution in [-0.2, 0) is 11.3 Å². The van der Waals surface area contributed by atoms with Crippen LogP contribution in [-0.4, -0.2) is 39.1 Å². The van der Waals surface area contributed by atoms with Crippen molar-refractivity contribution in [3.63, 3.8) is 0 Å². The molecule has 2 aliphatic rings. The number of carbonyl (C=O) groups is 1. The third-order valence-corrected chi connectivity index (χ3v) is 3.97. The lowest BCUT2D eigenvalue weighted by Gasteiger charge is -2.37. The Balaban J connectivity index is 1.76. The molecule has 1 aliphatic heterocycles. The molecule has 1 saturated carbocycles. The lowest BCUT2D eigenvalue weighted by molar-refractivity contribution is -0.126. The standard InChI is InChI=1S/C14H22N4O2/c1-14(2,3)18(10-6-7-15-12(10)19)8-11-16-17-13(20-11)9-4-5-9/h9-10H,4-8H2,1-3H3,(H,15,19). The maximum atomic E-state index is 12.0. The summed E-state index contributed by atoms with van der Waals surface area (Å²) in [5.41, 5.74) is -0.124. The zero-order valence-corrected chi connectivity index (χ0v) is 12.3. The fourth-order valence-electron chi connectivity index (χ4n) is 2.66. The summed E-state index contributed by atoms with van der Waals surface area (Å²) >= 11 is 0. The van der Waals surface area contributed by atoms with Gasteiger partial charge in [0.2, 0.25) is 17.7 Å². The van der Waals surface area contributed by atoms with Crippen molar-refractivity contribution in [1.29, 1.82) is 0 Å². The van der Waals surface area contributed by atoms with Crippen molar-refractivity contribution in [2.24, 2.45) is 0 Å². The third kappa shape index (κ3) is 2.70.